The molecule has 0 aliphatic carbocycles. The zero-order chi connectivity index (χ0) is 22.3. The standard InChI is InChI=1S/C25H34N4O2S/c1-3-21-15-23(29-13-5-4-7-18(29)2)28-25(27-21)32-17-19-9-11-20(12-10-19)24(30)26-16-22-8-6-14-31-22/h9-12,15,18,22H,3-8,13-14,16-17H2,1-2H3,(H,26,30)/t18-,22+/m0/s1. The maximum Gasteiger partial charge on any atom is 0.251 e. The van der Waals surface area contributed by atoms with Crippen LogP contribution in [-0.4, -0.2) is 47.7 Å². The van der Waals surface area contributed by atoms with Crippen LogP contribution in [-0.2, 0) is 16.9 Å². The lowest BCUT2D eigenvalue weighted by Crippen LogP contribution is -2.38. The molecule has 1 aromatic carbocycles. The van der Waals surface area contributed by atoms with E-state index in [9.17, 15) is 4.79 Å². The second-order valence-electron chi connectivity index (χ2n) is 8.72. The Morgan fingerprint density at radius 2 is 2.03 bits per heavy atom. The number of aryl methyl sites for hydroxylation is 1. The summed E-state index contributed by atoms with van der Waals surface area (Å²) >= 11 is 1.66. The van der Waals surface area contributed by atoms with E-state index in [-0.39, 0.29) is 12.0 Å². The van der Waals surface area contributed by atoms with Gasteiger partial charge >= 0.3 is 0 Å². The summed E-state index contributed by atoms with van der Waals surface area (Å²) in [5, 5.41) is 3.81. The molecule has 172 valence electrons. The fourth-order valence-corrected chi connectivity index (χ4v) is 5.13. The molecule has 0 radical (unpaired) electrons. The molecule has 2 aliphatic rings. The summed E-state index contributed by atoms with van der Waals surface area (Å²) in [7, 11) is 0. The number of ether oxygens (including phenoxy) is 1. The van der Waals surface area contributed by atoms with Gasteiger partial charge in [0.15, 0.2) is 5.16 Å². The van der Waals surface area contributed by atoms with Gasteiger partial charge in [0.05, 0.1) is 6.10 Å². The van der Waals surface area contributed by atoms with Crippen molar-refractivity contribution in [2.45, 2.75) is 75.4 Å². The Balaban J connectivity index is 1.35. The third-order valence-electron chi connectivity index (χ3n) is 6.30. The van der Waals surface area contributed by atoms with Crippen molar-refractivity contribution < 1.29 is 9.53 Å². The number of piperidine rings is 1. The van der Waals surface area contributed by atoms with Crippen LogP contribution in [0.15, 0.2) is 35.5 Å². The number of nitrogens with one attached hydrogen (secondary N) is 1. The number of hydrogen-bond acceptors (Lipinski definition) is 6. The van der Waals surface area contributed by atoms with Crippen LogP contribution in [0.3, 0.4) is 0 Å². The normalized spacial score (nSPS) is 21.0. The molecule has 4 rings (SSSR count). The molecule has 2 aromatic rings. The first kappa shape index (κ1) is 23.1. The first-order valence-corrected chi connectivity index (χ1v) is 12.9. The van der Waals surface area contributed by atoms with Crippen molar-refractivity contribution in [1.29, 1.82) is 0 Å². The van der Waals surface area contributed by atoms with Gasteiger partial charge in [0.2, 0.25) is 0 Å². The molecular weight excluding hydrogens is 420 g/mol. The van der Waals surface area contributed by atoms with Gasteiger partial charge in [-0.15, -0.1) is 0 Å². The summed E-state index contributed by atoms with van der Waals surface area (Å²) in [6.07, 6.45) is 6.92. The van der Waals surface area contributed by atoms with Gasteiger partial charge in [-0.05, 0) is 63.1 Å². The lowest BCUT2D eigenvalue weighted by Gasteiger charge is -2.34. The number of anilines is 1. The fourth-order valence-electron chi connectivity index (χ4n) is 4.30. The van der Waals surface area contributed by atoms with E-state index >= 15 is 0 Å². The third-order valence-corrected chi connectivity index (χ3v) is 7.22. The Kier molecular flexibility index (Phi) is 8.03. The third kappa shape index (κ3) is 6.01. The van der Waals surface area contributed by atoms with Crippen LogP contribution in [0.5, 0.6) is 0 Å². The van der Waals surface area contributed by atoms with E-state index in [1.54, 1.807) is 11.8 Å². The highest BCUT2D eigenvalue weighted by Gasteiger charge is 2.21. The smallest absolute Gasteiger partial charge is 0.251 e. The monoisotopic (exact) mass is 454 g/mol. The van der Waals surface area contributed by atoms with Crippen molar-refractivity contribution in [3.05, 3.63) is 47.2 Å². The summed E-state index contributed by atoms with van der Waals surface area (Å²) in [6, 6.07) is 10.5. The minimum Gasteiger partial charge on any atom is -0.376 e. The summed E-state index contributed by atoms with van der Waals surface area (Å²) in [5.41, 5.74) is 2.93. The highest BCUT2D eigenvalue weighted by atomic mass is 32.2. The molecule has 2 fully saturated rings. The molecule has 0 saturated carbocycles. The predicted molar refractivity (Wildman–Crippen MR) is 129 cm³/mol. The Bertz CT molecular complexity index is 899. The minimum absolute atomic E-state index is 0.0426. The number of nitrogens with zero attached hydrogens (tertiary/aromatic N) is 3. The molecule has 3 heterocycles. The number of thioether (sulfide) groups is 1. The van der Waals surface area contributed by atoms with Gasteiger partial charge in [0.25, 0.3) is 5.91 Å². The number of carbonyl (C=O) groups is 1. The molecule has 6 nitrogen and oxygen atoms in total. The van der Waals surface area contributed by atoms with E-state index in [0.29, 0.717) is 18.2 Å². The highest BCUT2D eigenvalue weighted by molar-refractivity contribution is 7.98. The summed E-state index contributed by atoms with van der Waals surface area (Å²) in [4.78, 5) is 24.4. The molecule has 32 heavy (non-hydrogen) atoms. The van der Waals surface area contributed by atoms with Crippen LogP contribution in [0.25, 0.3) is 0 Å². The van der Waals surface area contributed by atoms with Crippen LogP contribution in [0, 0.1) is 0 Å². The average Bonchev–Trinajstić information content (AvgIpc) is 3.35. The van der Waals surface area contributed by atoms with Gasteiger partial charge in [0.1, 0.15) is 5.82 Å². The van der Waals surface area contributed by atoms with Crippen LogP contribution in [0.4, 0.5) is 5.82 Å². The number of rotatable bonds is 8. The number of benzene rings is 1. The molecule has 1 amide bonds. The van der Waals surface area contributed by atoms with E-state index in [4.69, 9.17) is 14.7 Å². The Hall–Kier alpha value is -2.12. The summed E-state index contributed by atoms with van der Waals surface area (Å²) in [6.45, 7) is 6.89. The number of carbonyl (C=O) groups excluding carboxylic acids is 1. The maximum atomic E-state index is 12.4. The number of aromatic nitrogens is 2. The van der Waals surface area contributed by atoms with Gasteiger partial charge in [-0.25, -0.2) is 9.97 Å². The zero-order valence-electron chi connectivity index (χ0n) is 19.2. The summed E-state index contributed by atoms with van der Waals surface area (Å²) < 4.78 is 5.57. The fraction of sp³-hybridized carbons (Fsp3) is 0.560. The molecule has 0 spiro atoms. The maximum absolute atomic E-state index is 12.4. The second-order valence-corrected chi connectivity index (χ2v) is 9.66. The molecule has 0 bridgehead atoms. The molecule has 7 heteroatoms. The van der Waals surface area contributed by atoms with Gasteiger partial charge in [0, 0.05) is 48.8 Å². The van der Waals surface area contributed by atoms with Crippen LogP contribution in [0.1, 0.15) is 67.6 Å². The molecular formula is C25H34N4O2S. The van der Waals surface area contributed by atoms with Crippen molar-refractivity contribution >= 4 is 23.5 Å². The topological polar surface area (TPSA) is 67.4 Å². The van der Waals surface area contributed by atoms with E-state index < -0.39 is 0 Å². The zero-order valence-corrected chi connectivity index (χ0v) is 20.0. The van der Waals surface area contributed by atoms with Crippen LogP contribution >= 0.6 is 11.8 Å². The highest BCUT2D eigenvalue weighted by Crippen LogP contribution is 2.27. The largest absolute Gasteiger partial charge is 0.376 e. The minimum atomic E-state index is -0.0426. The number of hydrogen-bond donors (Lipinski definition) is 1. The van der Waals surface area contributed by atoms with Crippen LogP contribution < -0.4 is 10.2 Å². The predicted octanol–water partition coefficient (Wildman–Crippen LogP) is 4.62. The Morgan fingerprint density at radius 3 is 2.75 bits per heavy atom. The van der Waals surface area contributed by atoms with E-state index in [1.165, 1.54) is 19.3 Å². The molecule has 2 saturated heterocycles. The SMILES string of the molecule is CCc1cc(N2CCCC[C@@H]2C)nc(SCc2ccc(C(=O)NC[C@H]3CCCO3)cc2)n1. The van der Waals surface area contributed by atoms with Crippen LogP contribution in [0.2, 0.25) is 0 Å². The van der Waals surface area contributed by atoms with Crippen molar-refractivity contribution in [3.8, 4) is 0 Å². The number of amides is 1. The molecule has 1 N–H and O–H groups in total. The quantitative estimate of drug-likeness (QED) is 0.464. The molecule has 2 aliphatic heterocycles. The van der Waals surface area contributed by atoms with Gasteiger partial charge in [-0.2, -0.15) is 0 Å². The lowest BCUT2D eigenvalue weighted by molar-refractivity contribution is 0.0858. The van der Waals surface area contributed by atoms with Gasteiger partial charge in [-0.1, -0.05) is 30.8 Å². The molecule has 2 atom stereocenters. The van der Waals surface area contributed by atoms with Crippen molar-refractivity contribution in [1.82, 2.24) is 15.3 Å². The van der Waals surface area contributed by atoms with Gasteiger partial charge in [-0.3, -0.25) is 4.79 Å². The van der Waals surface area contributed by atoms with Crippen molar-refractivity contribution in [2.24, 2.45) is 0 Å². The first-order valence-electron chi connectivity index (χ1n) is 11.9. The molecule has 1 aromatic heterocycles. The van der Waals surface area contributed by atoms with Gasteiger partial charge < -0.3 is 15.0 Å². The second kappa shape index (κ2) is 11.1. The van der Waals surface area contributed by atoms with Crippen molar-refractivity contribution in [2.75, 3.05) is 24.6 Å². The Labute approximate surface area is 195 Å². The summed E-state index contributed by atoms with van der Waals surface area (Å²) in [5.74, 6) is 1.80. The van der Waals surface area contributed by atoms with E-state index in [1.807, 2.05) is 24.3 Å². The first-order chi connectivity index (χ1) is 15.6. The lowest BCUT2D eigenvalue weighted by atomic mass is 10.0. The van der Waals surface area contributed by atoms with E-state index in [2.05, 4.69) is 30.1 Å². The Morgan fingerprint density at radius 1 is 1.19 bits per heavy atom. The molecule has 0 unspecified atom stereocenters. The van der Waals surface area contributed by atoms with Crippen molar-refractivity contribution in [3.63, 3.8) is 0 Å². The average molecular weight is 455 g/mol. The van der Waals surface area contributed by atoms with E-state index in [0.717, 1.165) is 60.4 Å².